The van der Waals surface area contributed by atoms with Gasteiger partial charge in [-0.25, -0.2) is 19.3 Å². The number of fused-ring (bicyclic) bond motifs is 1. The van der Waals surface area contributed by atoms with Crippen LogP contribution in [0.5, 0.6) is 11.8 Å². The number of sulfonamides is 1. The fourth-order valence-electron chi connectivity index (χ4n) is 2.42. The molecule has 0 unspecified atom stereocenters. The van der Waals surface area contributed by atoms with Gasteiger partial charge in [0.2, 0.25) is 17.7 Å². The van der Waals surface area contributed by atoms with Crippen molar-refractivity contribution in [3.05, 3.63) is 29.0 Å². The van der Waals surface area contributed by atoms with Crippen LogP contribution < -0.4 is 19.5 Å². The molecule has 0 saturated carbocycles. The minimum Gasteiger partial charge on any atom is -0.481 e. The highest BCUT2D eigenvalue weighted by molar-refractivity contribution is 7.90. The lowest BCUT2D eigenvalue weighted by Gasteiger charge is -2.11. The van der Waals surface area contributed by atoms with E-state index in [9.17, 15) is 18.0 Å². The molecule has 0 aliphatic carbocycles. The molecule has 28 heavy (non-hydrogen) atoms. The van der Waals surface area contributed by atoms with Gasteiger partial charge in [0.15, 0.2) is 5.03 Å². The van der Waals surface area contributed by atoms with Gasteiger partial charge in [-0.3, -0.25) is 5.32 Å². The Morgan fingerprint density at radius 3 is 2.39 bits per heavy atom. The first-order chi connectivity index (χ1) is 13.2. The molecule has 148 valence electrons. The molecule has 3 rings (SSSR count). The number of amides is 2. The van der Waals surface area contributed by atoms with Crippen molar-refractivity contribution in [3.63, 3.8) is 0 Å². The number of hydrogen-bond acceptors (Lipinski definition) is 10. The van der Waals surface area contributed by atoms with E-state index in [-0.39, 0.29) is 29.9 Å². The number of nitrogens with one attached hydrogen (secondary N) is 2. The van der Waals surface area contributed by atoms with E-state index < -0.39 is 27.0 Å². The maximum atomic E-state index is 12.6. The Kier molecular flexibility index (Phi) is 5.00. The lowest BCUT2D eigenvalue weighted by Crippen LogP contribution is -2.36. The van der Waals surface area contributed by atoms with Crippen LogP contribution in [-0.2, 0) is 21.4 Å². The molecule has 1 aliphatic rings. The van der Waals surface area contributed by atoms with Crippen LogP contribution >= 0.6 is 0 Å². The first-order valence-corrected chi connectivity index (χ1v) is 9.20. The number of methoxy groups -OCH3 is 2. The molecule has 0 spiro atoms. The number of aryl methyl sites for hydroxylation is 1. The van der Waals surface area contributed by atoms with Gasteiger partial charge in [0.1, 0.15) is 12.2 Å². The molecule has 2 N–H and O–H groups in total. The van der Waals surface area contributed by atoms with Crippen LogP contribution in [0.25, 0.3) is 0 Å². The summed E-state index contributed by atoms with van der Waals surface area (Å²) < 4.78 is 41.7. The molecule has 2 aromatic heterocycles. The van der Waals surface area contributed by atoms with Gasteiger partial charge in [0.05, 0.1) is 20.3 Å². The van der Waals surface area contributed by atoms with E-state index in [4.69, 9.17) is 14.2 Å². The Balaban J connectivity index is 1.86. The molecule has 3 heterocycles. The molecule has 1 aliphatic heterocycles. The van der Waals surface area contributed by atoms with Crippen LogP contribution in [0.3, 0.4) is 0 Å². The third kappa shape index (κ3) is 3.78. The Morgan fingerprint density at radius 2 is 1.79 bits per heavy atom. The van der Waals surface area contributed by atoms with Gasteiger partial charge in [-0.15, -0.1) is 0 Å². The minimum atomic E-state index is -4.48. The Bertz CT molecular complexity index is 1050. The number of cyclic esters (lactones) is 1. The number of hydrogen-bond donors (Lipinski definition) is 2. The van der Waals surface area contributed by atoms with Gasteiger partial charge in [-0.1, -0.05) is 0 Å². The lowest BCUT2D eigenvalue weighted by molar-refractivity contribution is 0.0531. The van der Waals surface area contributed by atoms with Crippen LogP contribution in [-0.4, -0.2) is 49.6 Å². The zero-order chi connectivity index (χ0) is 20.5. The molecule has 13 heteroatoms. The highest BCUT2D eigenvalue weighted by Crippen LogP contribution is 2.26. The van der Waals surface area contributed by atoms with Gasteiger partial charge < -0.3 is 14.2 Å². The summed E-state index contributed by atoms with van der Waals surface area (Å²) in [6.45, 7) is 1.49. The van der Waals surface area contributed by atoms with Crippen LogP contribution in [0.1, 0.15) is 21.6 Å². The third-order valence-electron chi connectivity index (χ3n) is 3.56. The third-order valence-corrected chi connectivity index (χ3v) is 4.82. The van der Waals surface area contributed by atoms with E-state index in [0.29, 0.717) is 11.3 Å². The first-order valence-electron chi connectivity index (χ1n) is 7.72. The fraction of sp³-hybridized carbons (Fsp3) is 0.267. The van der Waals surface area contributed by atoms with Gasteiger partial charge in [-0.2, -0.15) is 18.4 Å². The predicted molar refractivity (Wildman–Crippen MR) is 92.6 cm³/mol. The number of nitrogens with zero attached hydrogens (tertiary/aromatic N) is 3. The maximum Gasteiger partial charge on any atom is 0.341 e. The summed E-state index contributed by atoms with van der Waals surface area (Å²) in [5, 5.41) is 1.56. The largest absolute Gasteiger partial charge is 0.481 e. The normalized spacial score (nSPS) is 12.8. The Hall–Kier alpha value is -3.48. The van der Waals surface area contributed by atoms with E-state index in [0.717, 1.165) is 0 Å². The van der Waals surface area contributed by atoms with Crippen molar-refractivity contribution in [2.24, 2.45) is 0 Å². The number of anilines is 1. The molecule has 0 fully saturated rings. The second kappa shape index (κ2) is 7.26. The van der Waals surface area contributed by atoms with Gasteiger partial charge in [-0.05, 0) is 13.0 Å². The van der Waals surface area contributed by atoms with E-state index in [2.05, 4.69) is 20.3 Å². The molecule has 0 atom stereocenters. The van der Waals surface area contributed by atoms with Crippen LogP contribution in [0.4, 0.5) is 10.7 Å². The molecule has 0 bridgehead atoms. The van der Waals surface area contributed by atoms with Crippen molar-refractivity contribution < 1.29 is 32.2 Å². The van der Waals surface area contributed by atoms with E-state index >= 15 is 0 Å². The number of rotatable bonds is 5. The summed E-state index contributed by atoms with van der Waals surface area (Å²) in [5.41, 5.74) is 0.517. The monoisotopic (exact) mass is 409 g/mol. The highest BCUT2D eigenvalue weighted by Gasteiger charge is 2.34. The molecule has 2 aromatic rings. The quantitative estimate of drug-likeness (QED) is 0.661. The molecule has 0 radical (unpaired) electrons. The second-order valence-electron chi connectivity index (χ2n) is 5.51. The maximum absolute atomic E-state index is 12.6. The molecule has 12 nitrogen and oxygen atoms in total. The molecule has 2 amide bonds. The van der Waals surface area contributed by atoms with Crippen molar-refractivity contribution in [2.45, 2.75) is 18.6 Å². The number of urea groups is 1. The second-order valence-corrected chi connectivity index (χ2v) is 7.11. The topological polar surface area (TPSA) is 159 Å². The lowest BCUT2D eigenvalue weighted by atomic mass is 10.1. The van der Waals surface area contributed by atoms with E-state index in [1.165, 1.54) is 26.4 Å². The van der Waals surface area contributed by atoms with Crippen LogP contribution in [0, 0.1) is 6.92 Å². The molecule has 0 aromatic carbocycles. The average Bonchev–Trinajstić information content (AvgIpc) is 3.00. The van der Waals surface area contributed by atoms with Crippen molar-refractivity contribution in [1.82, 2.24) is 19.7 Å². The Labute approximate surface area is 159 Å². The smallest absolute Gasteiger partial charge is 0.341 e. The number of carbonyl (C=O) groups is 2. The van der Waals surface area contributed by atoms with E-state index in [1.807, 2.05) is 0 Å². The average molecular weight is 409 g/mol. The highest BCUT2D eigenvalue weighted by atomic mass is 32.2. The predicted octanol–water partition coefficient (Wildman–Crippen LogP) is 0.378. The van der Waals surface area contributed by atoms with Crippen molar-refractivity contribution >= 4 is 28.0 Å². The first kappa shape index (κ1) is 19.3. The van der Waals surface area contributed by atoms with Gasteiger partial charge in [0, 0.05) is 11.3 Å². The summed E-state index contributed by atoms with van der Waals surface area (Å²) in [4.78, 5) is 35.6. The molecular weight excluding hydrogens is 394 g/mol. The van der Waals surface area contributed by atoms with Crippen LogP contribution in [0.15, 0.2) is 17.2 Å². The minimum absolute atomic E-state index is 0.0658. The van der Waals surface area contributed by atoms with Crippen molar-refractivity contribution in [1.29, 1.82) is 0 Å². The summed E-state index contributed by atoms with van der Waals surface area (Å²) >= 11 is 0. The van der Waals surface area contributed by atoms with Crippen LogP contribution in [0.2, 0.25) is 0 Å². The van der Waals surface area contributed by atoms with Gasteiger partial charge in [0.25, 0.3) is 10.0 Å². The number of ether oxygens (including phenoxy) is 3. The summed E-state index contributed by atoms with van der Waals surface area (Å²) in [5.74, 6) is -0.910. The summed E-state index contributed by atoms with van der Waals surface area (Å²) in [6, 6.07) is 1.74. The number of pyridine rings is 1. The summed E-state index contributed by atoms with van der Waals surface area (Å²) in [7, 11) is -1.79. The SMILES string of the molecule is COc1cc(OC)nc(NC(=O)NS(=O)(=O)c2nc(C)cc3c2C(=O)OC3)n1. The number of carbonyl (C=O) groups excluding carboxylic acids is 2. The number of esters is 1. The van der Waals surface area contributed by atoms with Crippen molar-refractivity contribution in [3.8, 4) is 11.8 Å². The zero-order valence-corrected chi connectivity index (χ0v) is 15.8. The fourth-order valence-corrected chi connectivity index (χ4v) is 3.56. The van der Waals surface area contributed by atoms with Crippen molar-refractivity contribution in [2.75, 3.05) is 19.5 Å². The van der Waals surface area contributed by atoms with E-state index in [1.54, 1.807) is 11.6 Å². The molecular formula is C15H15N5O7S. The standard InChI is InChI=1S/C15H15N5O7S/c1-7-4-8-6-27-13(21)11(8)12(16-7)28(23,24)20-15(22)19-14-17-9(25-2)5-10(18-14)26-3/h4-5H,6H2,1-3H3,(H2,17,18,19,20,22). The zero-order valence-electron chi connectivity index (χ0n) is 15.0. The van der Waals surface area contributed by atoms with Gasteiger partial charge >= 0.3 is 12.0 Å². The summed E-state index contributed by atoms with van der Waals surface area (Å²) in [6.07, 6.45) is 0. The molecule has 0 saturated heterocycles. The number of aromatic nitrogens is 3. The Morgan fingerprint density at radius 1 is 1.14 bits per heavy atom.